The number of hydrogen-bond acceptors (Lipinski definition) is 3. The number of carbonyl (C=O) groups is 2. The van der Waals surface area contributed by atoms with Crippen molar-refractivity contribution in [3.63, 3.8) is 0 Å². The largest absolute Gasteiger partial charge is 0.481 e. The van der Waals surface area contributed by atoms with Gasteiger partial charge in [0, 0.05) is 24.2 Å². The number of aliphatic carboxylic acids is 1. The van der Waals surface area contributed by atoms with Crippen LogP contribution in [-0.2, 0) is 19.7 Å². The fourth-order valence-electron chi connectivity index (χ4n) is 3.05. The topological polar surface area (TPSA) is 66.8 Å². The third-order valence-corrected chi connectivity index (χ3v) is 4.95. The quantitative estimate of drug-likeness (QED) is 0.848. The van der Waals surface area contributed by atoms with Crippen LogP contribution in [0.25, 0.3) is 0 Å². The second-order valence-corrected chi connectivity index (χ2v) is 7.35. The summed E-state index contributed by atoms with van der Waals surface area (Å²) in [7, 11) is 1.59. The van der Waals surface area contributed by atoms with E-state index in [1.165, 1.54) is 0 Å². The summed E-state index contributed by atoms with van der Waals surface area (Å²) in [6, 6.07) is 7.32. The molecule has 1 aromatic carbocycles. The maximum Gasteiger partial charge on any atom is 0.305 e. The van der Waals surface area contributed by atoms with Crippen LogP contribution in [0.15, 0.2) is 28.7 Å². The number of carboxylic acids is 1. The molecule has 1 fully saturated rings. The monoisotopic (exact) mass is 383 g/mol. The smallest absolute Gasteiger partial charge is 0.305 e. The Kier molecular flexibility index (Phi) is 5.47. The lowest BCUT2D eigenvalue weighted by Gasteiger charge is -2.33. The van der Waals surface area contributed by atoms with Crippen LogP contribution in [0.3, 0.4) is 0 Å². The molecule has 1 aromatic rings. The molecule has 0 bridgehead atoms. The Bertz CT molecular complexity index is 602. The number of nitrogens with zero attached hydrogens (tertiary/aromatic N) is 1. The lowest BCUT2D eigenvalue weighted by molar-refractivity contribution is -0.141. The van der Waals surface area contributed by atoms with Crippen LogP contribution in [0.2, 0.25) is 0 Å². The predicted octanol–water partition coefficient (Wildman–Crippen LogP) is 2.82. The van der Waals surface area contributed by atoms with E-state index in [-0.39, 0.29) is 24.5 Å². The SMILES string of the molecule is COC1CC(CC(=O)O)N(C(=O)C(C)(C)c2cccc(Br)c2)C1. The van der Waals surface area contributed by atoms with Gasteiger partial charge in [0.1, 0.15) is 0 Å². The molecule has 1 heterocycles. The third kappa shape index (κ3) is 3.93. The molecule has 126 valence electrons. The molecule has 1 aliphatic rings. The van der Waals surface area contributed by atoms with Gasteiger partial charge in [0.2, 0.25) is 5.91 Å². The van der Waals surface area contributed by atoms with E-state index in [9.17, 15) is 9.59 Å². The molecule has 2 rings (SSSR count). The Morgan fingerprint density at radius 3 is 2.70 bits per heavy atom. The highest BCUT2D eigenvalue weighted by molar-refractivity contribution is 9.10. The first-order chi connectivity index (χ1) is 10.8. The summed E-state index contributed by atoms with van der Waals surface area (Å²) in [5, 5.41) is 9.10. The zero-order valence-corrected chi connectivity index (χ0v) is 15.2. The van der Waals surface area contributed by atoms with E-state index in [2.05, 4.69) is 15.9 Å². The van der Waals surface area contributed by atoms with Crippen molar-refractivity contribution >= 4 is 27.8 Å². The number of halogens is 1. The van der Waals surface area contributed by atoms with Crippen molar-refractivity contribution in [3.8, 4) is 0 Å². The second-order valence-electron chi connectivity index (χ2n) is 6.44. The van der Waals surface area contributed by atoms with Crippen LogP contribution in [0, 0.1) is 0 Å². The Hall–Kier alpha value is -1.40. The van der Waals surface area contributed by atoms with E-state index < -0.39 is 11.4 Å². The molecular weight excluding hydrogens is 362 g/mol. The highest BCUT2D eigenvalue weighted by atomic mass is 79.9. The predicted molar refractivity (Wildman–Crippen MR) is 90.3 cm³/mol. The van der Waals surface area contributed by atoms with Crippen LogP contribution in [0.4, 0.5) is 0 Å². The molecular formula is C17H22BrNO4. The number of likely N-dealkylation sites (tertiary alicyclic amines) is 1. The summed E-state index contributed by atoms with van der Waals surface area (Å²) in [6.07, 6.45) is 0.394. The fraction of sp³-hybridized carbons (Fsp3) is 0.529. The summed E-state index contributed by atoms with van der Waals surface area (Å²) in [4.78, 5) is 25.9. The standard InChI is InChI=1S/C17H22BrNO4/c1-17(2,11-5-4-6-12(18)7-11)16(22)19-10-14(23-3)8-13(19)9-15(20)21/h4-7,13-14H,8-10H2,1-3H3,(H,20,21). The van der Waals surface area contributed by atoms with Gasteiger partial charge in [0.15, 0.2) is 0 Å². The van der Waals surface area contributed by atoms with Gasteiger partial charge in [0.05, 0.1) is 17.9 Å². The zero-order valence-electron chi connectivity index (χ0n) is 13.6. The van der Waals surface area contributed by atoms with E-state index in [1.807, 2.05) is 38.1 Å². The molecule has 1 amide bonds. The maximum atomic E-state index is 13.1. The van der Waals surface area contributed by atoms with Crippen LogP contribution in [-0.4, -0.2) is 47.7 Å². The molecule has 5 nitrogen and oxygen atoms in total. The van der Waals surface area contributed by atoms with Crippen LogP contribution in [0.1, 0.15) is 32.3 Å². The van der Waals surface area contributed by atoms with Crippen molar-refractivity contribution in [2.24, 2.45) is 0 Å². The number of methoxy groups -OCH3 is 1. The van der Waals surface area contributed by atoms with Crippen molar-refractivity contribution in [1.82, 2.24) is 4.90 Å². The molecule has 2 atom stereocenters. The number of benzene rings is 1. The molecule has 0 aliphatic carbocycles. The average Bonchev–Trinajstić information content (AvgIpc) is 2.88. The minimum atomic E-state index is -0.898. The minimum Gasteiger partial charge on any atom is -0.481 e. The maximum absolute atomic E-state index is 13.1. The lowest BCUT2D eigenvalue weighted by atomic mass is 9.83. The summed E-state index contributed by atoms with van der Waals surface area (Å²) >= 11 is 3.43. The van der Waals surface area contributed by atoms with Gasteiger partial charge in [-0.2, -0.15) is 0 Å². The van der Waals surface area contributed by atoms with Gasteiger partial charge in [-0.3, -0.25) is 9.59 Å². The Labute approximate surface area is 144 Å². The lowest BCUT2D eigenvalue weighted by Crippen LogP contribution is -2.46. The minimum absolute atomic E-state index is 0.0554. The van der Waals surface area contributed by atoms with Gasteiger partial charge in [-0.05, 0) is 38.0 Å². The number of ether oxygens (including phenoxy) is 1. The molecule has 1 saturated heterocycles. The molecule has 6 heteroatoms. The van der Waals surface area contributed by atoms with Crippen molar-refractivity contribution in [3.05, 3.63) is 34.3 Å². The Morgan fingerprint density at radius 2 is 2.13 bits per heavy atom. The Morgan fingerprint density at radius 1 is 1.43 bits per heavy atom. The van der Waals surface area contributed by atoms with Gasteiger partial charge in [0.25, 0.3) is 0 Å². The van der Waals surface area contributed by atoms with Gasteiger partial charge < -0.3 is 14.7 Å². The van der Waals surface area contributed by atoms with E-state index in [1.54, 1.807) is 12.0 Å². The van der Waals surface area contributed by atoms with Gasteiger partial charge in [-0.25, -0.2) is 0 Å². The summed E-state index contributed by atoms with van der Waals surface area (Å²) in [5.74, 6) is -0.966. The van der Waals surface area contributed by atoms with Gasteiger partial charge >= 0.3 is 5.97 Å². The third-order valence-electron chi connectivity index (χ3n) is 4.46. The van der Waals surface area contributed by atoms with Crippen molar-refractivity contribution in [2.45, 2.75) is 44.2 Å². The summed E-state index contributed by atoms with van der Waals surface area (Å²) in [5.41, 5.74) is 0.162. The molecule has 0 spiro atoms. The van der Waals surface area contributed by atoms with Crippen LogP contribution < -0.4 is 0 Å². The normalized spacial score (nSPS) is 21.5. The Balaban J connectivity index is 2.27. The fourth-order valence-corrected chi connectivity index (χ4v) is 3.45. The highest BCUT2D eigenvalue weighted by Crippen LogP contribution is 2.32. The number of hydrogen-bond donors (Lipinski definition) is 1. The first-order valence-corrected chi connectivity index (χ1v) is 8.36. The number of rotatable bonds is 5. The highest BCUT2D eigenvalue weighted by Gasteiger charge is 2.42. The van der Waals surface area contributed by atoms with E-state index in [0.29, 0.717) is 13.0 Å². The molecule has 1 aliphatic heterocycles. The molecule has 0 aromatic heterocycles. The van der Waals surface area contributed by atoms with Crippen molar-refractivity contribution in [2.75, 3.05) is 13.7 Å². The number of carbonyl (C=O) groups excluding carboxylic acids is 1. The number of carboxylic acid groups (broad SMARTS) is 1. The first-order valence-electron chi connectivity index (χ1n) is 7.57. The first kappa shape index (κ1) is 17.9. The second kappa shape index (κ2) is 7.01. The van der Waals surface area contributed by atoms with Crippen molar-refractivity contribution < 1.29 is 19.4 Å². The number of amides is 1. The van der Waals surface area contributed by atoms with Crippen LogP contribution in [0.5, 0.6) is 0 Å². The summed E-state index contributed by atoms with van der Waals surface area (Å²) < 4.78 is 6.26. The van der Waals surface area contributed by atoms with Crippen molar-refractivity contribution in [1.29, 1.82) is 0 Å². The molecule has 1 N–H and O–H groups in total. The molecule has 2 unspecified atom stereocenters. The van der Waals surface area contributed by atoms with E-state index >= 15 is 0 Å². The van der Waals surface area contributed by atoms with E-state index in [0.717, 1.165) is 10.0 Å². The molecule has 23 heavy (non-hydrogen) atoms. The van der Waals surface area contributed by atoms with E-state index in [4.69, 9.17) is 9.84 Å². The summed E-state index contributed by atoms with van der Waals surface area (Å²) in [6.45, 7) is 4.18. The van der Waals surface area contributed by atoms with Gasteiger partial charge in [-0.1, -0.05) is 28.1 Å². The van der Waals surface area contributed by atoms with Crippen LogP contribution >= 0.6 is 15.9 Å². The van der Waals surface area contributed by atoms with Gasteiger partial charge in [-0.15, -0.1) is 0 Å². The molecule has 0 radical (unpaired) electrons. The zero-order chi connectivity index (χ0) is 17.2. The molecule has 0 saturated carbocycles. The average molecular weight is 384 g/mol.